The Kier molecular flexibility index (Phi) is 6.70. The van der Waals surface area contributed by atoms with E-state index in [1.165, 1.54) is 23.9 Å². The molecule has 4 nitrogen and oxygen atoms in total. The molecule has 0 amide bonds. The van der Waals surface area contributed by atoms with E-state index in [-0.39, 0.29) is 12.4 Å². The molecule has 1 N–H and O–H groups in total. The second-order valence-corrected chi connectivity index (χ2v) is 5.41. The van der Waals surface area contributed by atoms with Gasteiger partial charge in [0.15, 0.2) is 5.16 Å². The topological polar surface area (TPSA) is 42.7 Å². The summed E-state index contributed by atoms with van der Waals surface area (Å²) in [6.45, 7) is 0.615. The van der Waals surface area contributed by atoms with E-state index in [4.69, 9.17) is 0 Å². The molecule has 2 rings (SSSR count). The predicted octanol–water partition coefficient (Wildman–Crippen LogP) is 3.27. The van der Waals surface area contributed by atoms with Gasteiger partial charge in [-0.3, -0.25) is 0 Å². The van der Waals surface area contributed by atoms with Gasteiger partial charge in [-0.1, -0.05) is 23.9 Å². The summed E-state index contributed by atoms with van der Waals surface area (Å²) in [5.41, 5.74) is 0.178. The summed E-state index contributed by atoms with van der Waals surface area (Å²) in [4.78, 5) is 0. The van der Waals surface area contributed by atoms with Crippen LogP contribution in [0.25, 0.3) is 0 Å². The molecule has 0 spiro atoms. The van der Waals surface area contributed by atoms with Gasteiger partial charge in [-0.05, 0) is 24.7 Å². The molecule has 0 saturated heterocycles. The Balaban J connectivity index is 0.00000242. The first-order valence-corrected chi connectivity index (χ1v) is 7.22. The van der Waals surface area contributed by atoms with E-state index in [1.54, 1.807) is 0 Å². The Bertz CT molecular complexity index is 598. The molecule has 0 aliphatic rings. The molecule has 22 heavy (non-hydrogen) atoms. The maximum Gasteiger partial charge on any atom is 0.416 e. The van der Waals surface area contributed by atoms with Gasteiger partial charge < -0.3 is 9.88 Å². The second kappa shape index (κ2) is 7.85. The number of benzene rings is 1. The third-order valence-electron chi connectivity index (χ3n) is 2.91. The number of aromatic nitrogens is 3. The largest absolute Gasteiger partial charge is 0.416 e. The van der Waals surface area contributed by atoms with Crippen LogP contribution in [0, 0.1) is 0 Å². The van der Waals surface area contributed by atoms with Crippen molar-refractivity contribution < 1.29 is 13.2 Å². The predicted molar refractivity (Wildman–Crippen MR) is 82.0 cm³/mol. The molecule has 0 radical (unpaired) electrons. The second-order valence-electron chi connectivity index (χ2n) is 4.47. The van der Waals surface area contributed by atoms with Crippen molar-refractivity contribution in [2.45, 2.75) is 23.6 Å². The first-order chi connectivity index (χ1) is 9.91. The fraction of sp³-hybridized carbons (Fsp3) is 0.385. The lowest BCUT2D eigenvalue weighted by Gasteiger charge is -2.07. The zero-order chi connectivity index (χ0) is 15.5. The molecule has 1 aromatic heterocycles. The average molecular weight is 353 g/mol. The molecular weight excluding hydrogens is 337 g/mol. The average Bonchev–Trinajstić information content (AvgIpc) is 2.78. The lowest BCUT2D eigenvalue weighted by molar-refractivity contribution is -0.137. The van der Waals surface area contributed by atoms with Crippen molar-refractivity contribution in [3.8, 4) is 0 Å². The van der Waals surface area contributed by atoms with E-state index in [2.05, 4.69) is 15.5 Å². The minimum atomic E-state index is -4.29. The summed E-state index contributed by atoms with van der Waals surface area (Å²) in [6, 6.07) is 5.17. The molecule has 0 fully saturated rings. The highest BCUT2D eigenvalue weighted by Crippen LogP contribution is 2.30. The highest BCUT2D eigenvalue weighted by molar-refractivity contribution is 7.98. The molecule has 0 unspecified atom stereocenters. The van der Waals surface area contributed by atoms with Crippen LogP contribution in [0.5, 0.6) is 0 Å². The molecular formula is C13H16ClF3N4S. The molecule has 0 bridgehead atoms. The Labute approximate surface area is 136 Å². The molecule has 1 aromatic carbocycles. The minimum Gasteiger partial charge on any atom is -0.313 e. The fourth-order valence-corrected chi connectivity index (χ4v) is 2.61. The van der Waals surface area contributed by atoms with Crippen LogP contribution < -0.4 is 5.32 Å². The Morgan fingerprint density at radius 2 is 1.82 bits per heavy atom. The van der Waals surface area contributed by atoms with Crippen LogP contribution in [0.1, 0.15) is 17.0 Å². The molecule has 122 valence electrons. The number of thioether (sulfide) groups is 1. The molecule has 0 aliphatic heterocycles. The van der Waals surface area contributed by atoms with E-state index in [0.29, 0.717) is 12.3 Å². The van der Waals surface area contributed by atoms with Crippen molar-refractivity contribution in [3.63, 3.8) is 0 Å². The lowest BCUT2D eigenvalue weighted by atomic mass is 10.1. The first-order valence-electron chi connectivity index (χ1n) is 6.23. The van der Waals surface area contributed by atoms with Crippen LogP contribution in [-0.4, -0.2) is 21.8 Å². The summed E-state index contributed by atoms with van der Waals surface area (Å²) in [5.74, 6) is 1.36. The number of hydrogen-bond acceptors (Lipinski definition) is 4. The van der Waals surface area contributed by atoms with Crippen molar-refractivity contribution in [2.24, 2.45) is 7.05 Å². The van der Waals surface area contributed by atoms with Gasteiger partial charge in [0.05, 0.1) is 12.1 Å². The number of nitrogens with one attached hydrogen (secondary N) is 1. The number of nitrogens with zero attached hydrogens (tertiary/aromatic N) is 3. The van der Waals surface area contributed by atoms with Gasteiger partial charge in [0, 0.05) is 12.8 Å². The monoisotopic (exact) mass is 352 g/mol. The van der Waals surface area contributed by atoms with Crippen molar-refractivity contribution in [1.29, 1.82) is 0 Å². The Hall–Kier alpha value is -1.25. The smallest absolute Gasteiger partial charge is 0.313 e. The van der Waals surface area contributed by atoms with E-state index in [0.717, 1.165) is 28.7 Å². The number of rotatable bonds is 5. The molecule has 0 saturated carbocycles. The SMILES string of the molecule is CNCc1nnc(SCc2ccc(C(F)(F)F)cc2)n1C.Cl. The summed E-state index contributed by atoms with van der Waals surface area (Å²) >= 11 is 1.44. The van der Waals surface area contributed by atoms with Crippen molar-refractivity contribution in [3.05, 3.63) is 41.2 Å². The number of halogens is 4. The van der Waals surface area contributed by atoms with E-state index >= 15 is 0 Å². The van der Waals surface area contributed by atoms with Crippen molar-refractivity contribution >= 4 is 24.2 Å². The highest BCUT2D eigenvalue weighted by Gasteiger charge is 2.29. The zero-order valence-corrected chi connectivity index (χ0v) is 13.6. The highest BCUT2D eigenvalue weighted by atomic mass is 35.5. The van der Waals surface area contributed by atoms with E-state index < -0.39 is 11.7 Å². The van der Waals surface area contributed by atoms with Crippen LogP contribution in [0.3, 0.4) is 0 Å². The molecule has 2 aromatic rings. The van der Waals surface area contributed by atoms with Crippen molar-refractivity contribution in [1.82, 2.24) is 20.1 Å². The van der Waals surface area contributed by atoms with Crippen LogP contribution >= 0.6 is 24.2 Å². The van der Waals surface area contributed by atoms with Crippen LogP contribution in [-0.2, 0) is 25.5 Å². The Morgan fingerprint density at radius 3 is 2.36 bits per heavy atom. The zero-order valence-electron chi connectivity index (χ0n) is 12.0. The van der Waals surface area contributed by atoms with Crippen LogP contribution in [0.15, 0.2) is 29.4 Å². The summed E-state index contributed by atoms with van der Waals surface area (Å²) in [5, 5.41) is 11.8. The summed E-state index contributed by atoms with van der Waals surface area (Å²) in [6.07, 6.45) is -4.29. The normalized spacial score (nSPS) is 11.3. The van der Waals surface area contributed by atoms with Gasteiger partial charge in [0.1, 0.15) is 5.82 Å². The van der Waals surface area contributed by atoms with Crippen LogP contribution in [0.2, 0.25) is 0 Å². The molecule has 0 atom stereocenters. The third kappa shape index (κ3) is 4.62. The lowest BCUT2D eigenvalue weighted by Crippen LogP contribution is -2.10. The van der Waals surface area contributed by atoms with Gasteiger partial charge in [-0.2, -0.15) is 13.2 Å². The van der Waals surface area contributed by atoms with Gasteiger partial charge >= 0.3 is 6.18 Å². The van der Waals surface area contributed by atoms with Crippen LogP contribution in [0.4, 0.5) is 13.2 Å². The summed E-state index contributed by atoms with van der Waals surface area (Å²) in [7, 11) is 3.69. The third-order valence-corrected chi connectivity index (χ3v) is 4.00. The maximum absolute atomic E-state index is 12.5. The summed E-state index contributed by atoms with van der Waals surface area (Å²) < 4.78 is 39.3. The molecule has 1 heterocycles. The van der Waals surface area contributed by atoms with E-state index in [9.17, 15) is 13.2 Å². The number of alkyl halides is 3. The van der Waals surface area contributed by atoms with Gasteiger partial charge in [-0.25, -0.2) is 0 Å². The standard InChI is InChI=1S/C13H15F3N4S.ClH/c1-17-7-11-18-19-12(20(11)2)21-8-9-3-5-10(6-4-9)13(14,15)16;/h3-6,17H,7-8H2,1-2H3;1H. The Morgan fingerprint density at radius 1 is 1.18 bits per heavy atom. The minimum absolute atomic E-state index is 0. The first kappa shape index (κ1) is 18.8. The van der Waals surface area contributed by atoms with Gasteiger partial charge in [0.2, 0.25) is 0 Å². The number of hydrogen-bond donors (Lipinski definition) is 1. The molecule has 9 heteroatoms. The van der Waals surface area contributed by atoms with Crippen molar-refractivity contribution in [2.75, 3.05) is 7.05 Å². The quantitative estimate of drug-likeness (QED) is 0.839. The van der Waals surface area contributed by atoms with Gasteiger partial charge in [0.25, 0.3) is 0 Å². The van der Waals surface area contributed by atoms with Gasteiger partial charge in [-0.15, -0.1) is 22.6 Å². The van der Waals surface area contributed by atoms with E-state index in [1.807, 2.05) is 18.7 Å². The molecule has 0 aliphatic carbocycles. The maximum atomic E-state index is 12.5. The fourth-order valence-electron chi connectivity index (χ4n) is 1.72.